The first kappa shape index (κ1) is 9.39. The number of ether oxygens (including phenoxy) is 1. The van der Waals surface area contributed by atoms with E-state index in [-0.39, 0.29) is 11.1 Å². The summed E-state index contributed by atoms with van der Waals surface area (Å²) in [6.07, 6.45) is 0. The summed E-state index contributed by atoms with van der Waals surface area (Å²) in [4.78, 5) is 33.5. The smallest absolute Gasteiger partial charge is 0.337 e. The number of hydrogen-bond donors (Lipinski definition) is 1. The van der Waals surface area contributed by atoms with Gasteiger partial charge in [0.25, 0.3) is 11.7 Å². The molecule has 0 spiro atoms. The van der Waals surface area contributed by atoms with E-state index in [9.17, 15) is 14.4 Å². The van der Waals surface area contributed by atoms with E-state index in [4.69, 9.17) is 0 Å². The van der Waals surface area contributed by atoms with Crippen LogP contribution in [0, 0.1) is 0 Å². The van der Waals surface area contributed by atoms with Gasteiger partial charge in [-0.2, -0.15) is 0 Å². The van der Waals surface area contributed by atoms with Gasteiger partial charge in [-0.05, 0) is 18.2 Å². The van der Waals surface area contributed by atoms with Gasteiger partial charge in [-0.15, -0.1) is 0 Å². The van der Waals surface area contributed by atoms with Crippen LogP contribution in [0.3, 0.4) is 0 Å². The van der Waals surface area contributed by atoms with E-state index < -0.39 is 17.7 Å². The van der Waals surface area contributed by atoms with Gasteiger partial charge in [0, 0.05) is 0 Å². The van der Waals surface area contributed by atoms with Gasteiger partial charge in [-0.3, -0.25) is 9.59 Å². The Morgan fingerprint density at radius 1 is 1.33 bits per heavy atom. The van der Waals surface area contributed by atoms with Gasteiger partial charge < -0.3 is 10.1 Å². The number of benzene rings is 1. The number of esters is 1. The highest BCUT2D eigenvalue weighted by atomic mass is 16.5. The molecule has 1 N–H and O–H groups in total. The zero-order chi connectivity index (χ0) is 11.0. The normalized spacial score (nSPS) is 13.4. The molecule has 0 saturated heterocycles. The summed E-state index contributed by atoms with van der Waals surface area (Å²) < 4.78 is 4.50. The lowest BCUT2D eigenvalue weighted by Crippen LogP contribution is -2.12. The van der Waals surface area contributed by atoms with E-state index in [2.05, 4.69) is 10.1 Å². The molecular weight excluding hydrogens is 198 g/mol. The molecule has 0 aliphatic carbocycles. The van der Waals surface area contributed by atoms with Gasteiger partial charge in [-0.1, -0.05) is 0 Å². The van der Waals surface area contributed by atoms with Crippen LogP contribution in [0.15, 0.2) is 18.2 Å². The molecule has 1 amide bonds. The van der Waals surface area contributed by atoms with Gasteiger partial charge in [0.1, 0.15) is 0 Å². The minimum absolute atomic E-state index is 0.211. The van der Waals surface area contributed by atoms with Crippen LogP contribution in [-0.4, -0.2) is 24.8 Å². The number of amides is 1. The van der Waals surface area contributed by atoms with Gasteiger partial charge in [0.15, 0.2) is 0 Å². The van der Waals surface area contributed by atoms with E-state index in [0.29, 0.717) is 5.69 Å². The summed E-state index contributed by atoms with van der Waals surface area (Å²) in [5, 5.41) is 2.39. The molecule has 15 heavy (non-hydrogen) atoms. The second-order valence-electron chi connectivity index (χ2n) is 3.04. The van der Waals surface area contributed by atoms with E-state index in [0.717, 1.165) is 0 Å². The van der Waals surface area contributed by atoms with Crippen LogP contribution in [0.25, 0.3) is 0 Å². The number of hydrogen-bond acceptors (Lipinski definition) is 4. The third-order valence-corrected chi connectivity index (χ3v) is 2.14. The van der Waals surface area contributed by atoms with Crippen LogP contribution in [0.4, 0.5) is 5.69 Å². The van der Waals surface area contributed by atoms with E-state index in [1.807, 2.05) is 0 Å². The maximum atomic E-state index is 11.3. The van der Waals surface area contributed by atoms with Crippen molar-refractivity contribution in [1.82, 2.24) is 0 Å². The number of ketones is 1. The average Bonchev–Trinajstić information content (AvgIpc) is 2.54. The summed E-state index contributed by atoms with van der Waals surface area (Å²) in [6.45, 7) is 0. The fraction of sp³-hybridized carbons (Fsp3) is 0.100. The molecule has 0 saturated carbocycles. The van der Waals surface area contributed by atoms with Gasteiger partial charge in [0.05, 0.1) is 23.9 Å². The highest BCUT2D eigenvalue weighted by Crippen LogP contribution is 2.24. The number of carbonyl (C=O) groups excluding carboxylic acids is 3. The summed E-state index contributed by atoms with van der Waals surface area (Å²) in [5.74, 6) is -1.84. The first-order valence-electron chi connectivity index (χ1n) is 4.21. The molecule has 0 fully saturated rings. The Morgan fingerprint density at radius 3 is 2.73 bits per heavy atom. The topological polar surface area (TPSA) is 72.5 Å². The first-order chi connectivity index (χ1) is 7.13. The van der Waals surface area contributed by atoms with Crippen molar-refractivity contribution in [3.8, 4) is 0 Å². The van der Waals surface area contributed by atoms with Crippen LogP contribution in [0.5, 0.6) is 0 Å². The van der Waals surface area contributed by atoms with E-state index >= 15 is 0 Å². The lowest BCUT2D eigenvalue weighted by molar-refractivity contribution is -0.112. The largest absolute Gasteiger partial charge is 0.465 e. The average molecular weight is 205 g/mol. The van der Waals surface area contributed by atoms with Crippen molar-refractivity contribution in [3.05, 3.63) is 29.3 Å². The molecule has 0 atom stereocenters. The summed E-state index contributed by atoms with van der Waals surface area (Å²) >= 11 is 0. The number of Topliss-reactive ketones (excluding diaryl/α,β-unsaturated/α-hetero) is 1. The van der Waals surface area contributed by atoms with Crippen molar-refractivity contribution in [1.29, 1.82) is 0 Å². The highest BCUT2D eigenvalue weighted by Gasteiger charge is 2.28. The maximum absolute atomic E-state index is 11.3. The lowest BCUT2D eigenvalue weighted by atomic mass is 10.1. The number of rotatable bonds is 1. The Labute approximate surface area is 85.0 Å². The van der Waals surface area contributed by atoms with Crippen molar-refractivity contribution < 1.29 is 19.1 Å². The Balaban J connectivity index is 2.48. The monoisotopic (exact) mass is 205 g/mol. The molecule has 1 aliphatic rings. The Kier molecular flexibility index (Phi) is 2.00. The number of carbonyl (C=O) groups is 3. The van der Waals surface area contributed by atoms with Crippen molar-refractivity contribution in [3.63, 3.8) is 0 Å². The zero-order valence-corrected chi connectivity index (χ0v) is 7.87. The van der Waals surface area contributed by atoms with Gasteiger partial charge >= 0.3 is 5.97 Å². The van der Waals surface area contributed by atoms with Crippen LogP contribution >= 0.6 is 0 Å². The maximum Gasteiger partial charge on any atom is 0.337 e. The predicted octanol–water partition coefficient (Wildman–Crippen LogP) is 0.608. The third-order valence-electron chi connectivity index (χ3n) is 2.14. The van der Waals surface area contributed by atoms with E-state index in [1.165, 1.54) is 25.3 Å². The molecule has 0 aromatic heterocycles. The van der Waals surface area contributed by atoms with Crippen LogP contribution in [0.2, 0.25) is 0 Å². The first-order valence-corrected chi connectivity index (χ1v) is 4.21. The fourth-order valence-electron chi connectivity index (χ4n) is 1.39. The fourth-order valence-corrected chi connectivity index (χ4v) is 1.39. The Hall–Kier alpha value is -2.17. The van der Waals surface area contributed by atoms with Crippen molar-refractivity contribution in [2.45, 2.75) is 0 Å². The molecule has 1 aliphatic heterocycles. The van der Waals surface area contributed by atoms with E-state index in [1.54, 1.807) is 0 Å². The number of fused-ring (bicyclic) bond motifs is 1. The molecule has 0 unspecified atom stereocenters. The summed E-state index contributed by atoms with van der Waals surface area (Å²) in [5.41, 5.74) is 0.890. The Morgan fingerprint density at radius 2 is 2.07 bits per heavy atom. The molecule has 0 radical (unpaired) electrons. The SMILES string of the molecule is COC(=O)c1ccc2c(c1)C(=O)C(=O)N2. The molecule has 0 bridgehead atoms. The second-order valence-corrected chi connectivity index (χ2v) is 3.04. The van der Waals surface area contributed by atoms with Crippen LogP contribution in [0.1, 0.15) is 20.7 Å². The van der Waals surface area contributed by atoms with Crippen molar-refractivity contribution >= 4 is 23.3 Å². The van der Waals surface area contributed by atoms with Crippen molar-refractivity contribution in [2.24, 2.45) is 0 Å². The van der Waals surface area contributed by atoms with Crippen LogP contribution < -0.4 is 5.32 Å². The molecule has 5 heteroatoms. The highest BCUT2D eigenvalue weighted by molar-refractivity contribution is 6.51. The molecule has 5 nitrogen and oxygen atoms in total. The van der Waals surface area contributed by atoms with Gasteiger partial charge in [-0.25, -0.2) is 4.79 Å². The van der Waals surface area contributed by atoms with Gasteiger partial charge in [0.2, 0.25) is 0 Å². The third kappa shape index (κ3) is 1.38. The minimum atomic E-state index is -0.674. The number of anilines is 1. The Bertz CT molecular complexity index is 478. The quantitative estimate of drug-likeness (QED) is 0.538. The molecule has 1 heterocycles. The lowest BCUT2D eigenvalue weighted by Gasteiger charge is -2.00. The number of nitrogens with one attached hydrogen (secondary N) is 1. The van der Waals surface area contributed by atoms with Crippen molar-refractivity contribution in [2.75, 3.05) is 12.4 Å². The summed E-state index contributed by atoms with van der Waals surface area (Å²) in [6, 6.07) is 4.34. The molecular formula is C10H7NO4. The predicted molar refractivity (Wildman–Crippen MR) is 50.7 cm³/mol. The van der Waals surface area contributed by atoms with Crippen LogP contribution in [-0.2, 0) is 9.53 Å². The minimum Gasteiger partial charge on any atom is -0.465 e. The molecule has 1 aromatic carbocycles. The number of methoxy groups -OCH3 is 1. The molecule has 76 valence electrons. The summed E-state index contributed by atoms with van der Waals surface area (Å²) in [7, 11) is 1.25. The molecule has 2 rings (SSSR count). The second kappa shape index (κ2) is 3.20. The standard InChI is InChI=1S/C10H7NO4/c1-15-10(14)5-2-3-7-6(4-5)8(12)9(13)11-7/h2-4H,1H3,(H,11,12,13). The molecule has 1 aromatic rings. The zero-order valence-electron chi connectivity index (χ0n) is 7.87.